The maximum absolute atomic E-state index is 12.6. The molecule has 0 bridgehead atoms. The first-order valence-electron chi connectivity index (χ1n) is 7.69. The van der Waals surface area contributed by atoms with E-state index in [0.717, 1.165) is 6.07 Å². The molecule has 0 atom stereocenters. The number of nitrogens with zero attached hydrogens (tertiary/aromatic N) is 1. The van der Waals surface area contributed by atoms with Gasteiger partial charge in [0.2, 0.25) is 5.91 Å². The zero-order valence-electron chi connectivity index (χ0n) is 13.4. The fraction of sp³-hybridized carbons (Fsp3) is 0.467. The monoisotopic (exact) mass is 375 g/mol. The molecular weight excluding hydrogens is 359 g/mol. The van der Waals surface area contributed by atoms with Gasteiger partial charge in [0.25, 0.3) is 5.69 Å². The Morgan fingerprint density at radius 3 is 2.42 bits per heavy atom. The number of hydrogen-bond acceptors (Lipinski definition) is 5. The minimum absolute atomic E-state index is 0.103. The number of carboxylic acid groups (broad SMARTS) is 1. The highest BCUT2D eigenvalue weighted by molar-refractivity contribution is 5.88. The van der Waals surface area contributed by atoms with Crippen LogP contribution in [0.4, 0.5) is 24.5 Å². The van der Waals surface area contributed by atoms with Crippen LogP contribution in [0.5, 0.6) is 0 Å². The van der Waals surface area contributed by atoms with Crippen molar-refractivity contribution in [3.8, 4) is 0 Å². The number of carboxylic acids is 1. The molecular formula is C15H16F3N3O5. The van der Waals surface area contributed by atoms with Crippen molar-refractivity contribution in [1.82, 2.24) is 5.32 Å². The zero-order chi connectivity index (χ0) is 19.5. The molecule has 1 saturated carbocycles. The van der Waals surface area contributed by atoms with Crippen LogP contribution in [0.2, 0.25) is 0 Å². The van der Waals surface area contributed by atoms with Crippen LogP contribution >= 0.6 is 0 Å². The van der Waals surface area contributed by atoms with E-state index in [1.165, 1.54) is 0 Å². The lowest BCUT2D eigenvalue weighted by molar-refractivity contribution is -0.384. The van der Waals surface area contributed by atoms with Gasteiger partial charge in [-0.25, -0.2) is 4.79 Å². The number of anilines is 1. The summed E-state index contributed by atoms with van der Waals surface area (Å²) < 4.78 is 37.9. The van der Waals surface area contributed by atoms with Crippen molar-refractivity contribution in [1.29, 1.82) is 0 Å². The van der Waals surface area contributed by atoms with Crippen LogP contribution in [0.1, 0.15) is 31.2 Å². The number of amides is 1. The Morgan fingerprint density at radius 2 is 1.96 bits per heavy atom. The Hall–Kier alpha value is -2.85. The Bertz CT molecular complexity index is 732. The van der Waals surface area contributed by atoms with Crippen LogP contribution in [0.3, 0.4) is 0 Å². The smallest absolute Gasteiger partial charge is 0.416 e. The second-order valence-electron chi connectivity index (χ2n) is 5.95. The fourth-order valence-corrected chi connectivity index (χ4v) is 2.57. The SMILES string of the molecule is O=C(CCNc1ccc(C(F)(F)F)cc1[N+](=O)[O-])NC1(C(=O)O)CCC1. The minimum Gasteiger partial charge on any atom is -0.480 e. The molecule has 2 rings (SSSR count). The maximum atomic E-state index is 12.6. The third-order valence-corrected chi connectivity index (χ3v) is 4.18. The number of halogens is 3. The summed E-state index contributed by atoms with van der Waals surface area (Å²) in [5.74, 6) is -1.68. The second-order valence-corrected chi connectivity index (χ2v) is 5.95. The van der Waals surface area contributed by atoms with Crippen molar-refractivity contribution in [2.24, 2.45) is 0 Å². The molecule has 0 spiro atoms. The molecule has 11 heteroatoms. The first-order chi connectivity index (χ1) is 12.0. The van der Waals surface area contributed by atoms with Crippen LogP contribution < -0.4 is 10.6 Å². The van der Waals surface area contributed by atoms with Gasteiger partial charge < -0.3 is 15.7 Å². The predicted octanol–water partition coefficient (Wildman–Crippen LogP) is 2.54. The third kappa shape index (κ3) is 4.21. The summed E-state index contributed by atoms with van der Waals surface area (Å²) in [6, 6.07) is 2.03. The first kappa shape index (κ1) is 19.5. The Balaban J connectivity index is 1.98. The molecule has 142 valence electrons. The quantitative estimate of drug-likeness (QED) is 0.497. The van der Waals surface area contributed by atoms with Crippen LogP contribution in [0.25, 0.3) is 0 Å². The van der Waals surface area contributed by atoms with Crippen LogP contribution in [0.15, 0.2) is 18.2 Å². The van der Waals surface area contributed by atoms with Gasteiger partial charge in [0.1, 0.15) is 11.2 Å². The number of nitro groups is 1. The normalized spacial score (nSPS) is 15.7. The summed E-state index contributed by atoms with van der Waals surface area (Å²) in [5.41, 5.74) is -3.34. The van der Waals surface area contributed by atoms with E-state index in [9.17, 15) is 32.9 Å². The average Bonchev–Trinajstić information content (AvgIpc) is 2.49. The van der Waals surface area contributed by atoms with Crippen molar-refractivity contribution in [2.45, 2.75) is 37.4 Å². The van der Waals surface area contributed by atoms with Gasteiger partial charge in [0.05, 0.1) is 10.5 Å². The number of benzene rings is 1. The number of carbonyl (C=O) groups is 2. The Labute approximate surface area is 145 Å². The van der Waals surface area contributed by atoms with E-state index >= 15 is 0 Å². The summed E-state index contributed by atoms with van der Waals surface area (Å²) >= 11 is 0. The van der Waals surface area contributed by atoms with Gasteiger partial charge in [-0.15, -0.1) is 0 Å². The molecule has 1 aromatic rings. The molecule has 1 aromatic carbocycles. The molecule has 1 fully saturated rings. The standard InChI is InChI=1S/C15H16F3N3O5/c16-15(17,18)9-2-3-10(11(8-9)21(25)26)19-7-4-12(22)20-14(13(23)24)5-1-6-14/h2-3,8,19H,1,4-7H2,(H,20,22)(H,23,24). The van der Waals surface area contributed by atoms with E-state index in [0.29, 0.717) is 31.4 Å². The second kappa shape index (κ2) is 7.18. The number of alkyl halides is 3. The fourth-order valence-electron chi connectivity index (χ4n) is 2.57. The van der Waals surface area contributed by atoms with Crippen LogP contribution in [-0.2, 0) is 15.8 Å². The highest BCUT2D eigenvalue weighted by atomic mass is 19.4. The highest BCUT2D eigenvalue weighted by Gasteiger charge is 2.45. The first-order valence-corrected chi connectivity index (χ1v) is 7.69. The number of aliphatic carboxylic acids is 1. The molecule has 0 saturated heterocycles. The van der Waals surface area contributed by atoms with E-state index in [4.69, 9.17) is 5.11 Å². The molecule has 1 aliphatic carbocycles. The lowest BCUT2D eigenvalue weighted by Gasteiger charge is -2.38. The maximum Gasteiger partial charge on any atom is 0.416 e. The Kier molecular flexibility index (Phi) is 5.38. The van der Waals surface area contributed by atoms with Gasteiger partial charge >= 0.3 is 12.1 Å². The predicted molar refractivity (Wildman–Crippen MR) is 83.6 cm³/mol. The van der Waals surface area contributed by atoms with E-state index in [2.05, 4.69) is 10.6 Å². The Morgan fingerprint density at radius 1 is 1.31 bits per heavy atom. The van der Waals surface area contributed by atoms with Crippen molar-refractivity contribution in [3.63, 3.8) is 0 Å². The lowest BCUT2D eigenvalue weighted by Crippen LogP contribution is -2.59. The van der Waals surface area contributed by atoms with Gasteiger partial charge in [-0.05, 0) is 31.4 Å². The van der Waals surface area contributed by atoms with Gasteiger partial charge in [0.15, 0.2) is 0 Å². The number of carbonyl (C=O) groups excluding carboxylic acids is 1. The van der Waals surface area contributed by atoms with Crippen molar-refractivity contribution < 1.29 is 32.8 Å². The summed E-state index contributed by atoms with van der Waals surface area (Å²) in [7, 11) is 0. The van der Waals surface area contributed by atoms with Crippen molar-refractivity contribution >= 4 is 23.3 Å². The van der Waals surface area contributed by atoms with E-state index < -0.39 is 39.8 Å². The van der Waals surface area contributed by atoms with Gasteiger partial charge in [-0.2, -0.15) is 13.2 Å². The topological polar surface area (TPSA) is 122 Å². The van der Waals surface area contributed by atoms with Crippen LogP contribution in [0, 0.1) is 10.1 Å². The largest absolute Gasteiger partial charge is 0.480 e. The molecule has 8 nitrogen and oxygen atoms in total. The van der Waals surface area contributed by atoms with Crippen molar-refractivity contribution in [2.75, 3.05) is 11.9 Å². The summed E-state index contributed by atoms with van der Waals surface area (Å²) in [6.07, 6.45) is -3.56. The number of nitrogens with one attached hydrogen (secondary N) is 2. The number of hydrogen-bond donors (Lipinski definition) is 3. The minimum atomic E-state index is -4.71. The average molecular weight is 375 g/mol. The lowest BCUT2D eigenvalue weighted by atomic mass is 9.76. The molecule has 0 heterocycles. The van der Waals surface area contributed by atoms with E-state index in [1.54, 1.807) is 0 Å². The van der Waals surface area contributed by atoms with E-state index in [-0.39, 0.29) is 18.7 Å². The molecule has 3 N–H and O–H groups in total. The number of nitro benzene ring substituents is 1. The van der Waals surface area contributed by atoms with E-state index in [1.807, 2.05) is 0 Å². The summed E-state index contributed by atoms with van der Waals surface area (Å²) in [4.78, 5) is 33.0. The molecule has 26 heavy (non-hydrogen) atoms. The highest BCUT2D eigenvalue weighted by Crippen LogP contribution is 2.35. The van der Waals surface area contributed by atoms with Gasteiger partial charge in [-0.1, -0.05) is 0 Å². The van der Waals surface area contributed by atoms with Gasteiger partial charge in [0, 0.05) is 19.0 Å². The molecule has 0 radical (unpaired) electrons. The summed E-state index contributed by atoms with van der Waals surface area (Å²) in [6.45, 7) is -0.103. The molecule has 0 aromatic heterocycles. The molecule has 0 unspecified atom stereocenters. The van der Waals surface area contributed by atoms with Crippen molar-refractivity contribution in [3.05, 3.63) is 33.9 Å². The molecule has 1 aliphatic rings. The molecule has 1 amide bonds. The zero-order valence-corrected chi connectivity index (χ0v) is 13.4. The van der Waals surface area contributed by atoms with Crippen LogP contribution in [-0.4, -0.2) is 34.0 Å². The summed E-state index contributed by atoms with van der Waals surface area (Å²) in [5, 5.41) is 25.0. The molecule has 0 aliphatic heterocycles. The number of rotatable bonds is 7. The third-order valence-electron chi connectivity index (χ3n) is 4.18. The van der Waals surface area contributed by atoms with Gasteiger partial charge in [-0.3, -0.25) is 14.9 Å².